The van der Waals surface area contributed by atoms with Crippen molar-refractivity contribution in [1.29, 1.82) is 0 Å². The Kier molecular flexibility index (Phi) is 17.7. The lowest BCUT2D eigenvalue weighted by atomic mass is 9.95. The van der Waals surface area contributed by atoms with Crippen LogP contribution in [0.5, 0.6) is 0 Å². The molecule has 0 unspecified atom stereocenters. The fourth-order valence-corrected chi connectivity index (χ4v) is 13.0. The number of aromatic amines is 2. The molecule has 8 bridgehead atoms. The summed E-state index contributed by atoms with van der Waals surface area (Å²) < 4.78 is 2.27. The first-order chi connectivity index (χ1) is 31.1. The van der Waals surface area contributed by atoms with E-state index in [0.717, 1.165) is 68.9 Å². The number of halogens is 2. The standard InChI is InChI=1S/C56H72Br2N4S2/c1-9-13-17-21-25-39-35(5)53-51(47-29-31-49(57)63-47)54-37(7)41(27-23-19-15-11-3)45(61-54)34-46-42(28-24-20-16-12-4)38(8)56(62-46)52(48-30-32-50(58)64-48)55-36(6)40(26-22-18-14-10-2)44(60-55)33-43(39)59-53/h29-34,59,62H,9-28H2,1-8H3. The molecule has 0 radical (unpaired) electrons. The fourth-order valence-electron chi connectivity index (χ4n) is 10.1. The van der Waals surface area contributed by atoms with Gasteiger partial charge >= 0.3 is 0 Å². The van der Waals surface area contributed by atoms with E-state index in [1.807, 2.05) is 22.7 Å². The summed E-state index contributed by atoms with van der Waals surface area (Å²) in [4.78, 5) is 22.4. The number of unbranched alkanes of at least 4 members (excludes halogenated alkanes) is 12. The minimum atomic E-state index is 1.02. The van der Waals surface area contributed by atoms with Crippen molar-refractivity contribution in [2.24, 2.45) is 0 Å². The lowest BCUT2D eigenvalue weighted by Gasteiger charge is -2.08. The zero-order chi connectivity index (χ0) is 45.3. The van der Waals surface area contributed by atoms with Crippen LogP contribution in [0.1, 0.15) is 202 Å². The number of allylic oxidation sites excluding steroid dienone is 4. The maximum absolute atomic E-state index is 5.80. The van der Waals surface area contributed by atoms with Gasteiger partial charge in [0, 0.05) is 31.9 Å². The molecule has 64 heavy (non-hydrogen) atoms. The van der Waals surface area contributed by atoms with Gasteiger partial charge in [0.05, 0.1) is 41.4 Å². The van der Waals surface area contributed by atoms with E-state index in [0.29, 0.717) is 0 Å². The molecule has 7 rings (SSSR count). The van der Waals surface area contributed by atoms with Crippen LogP contribution in [-0.2, 0) is 12.8 Å². The summed E-state index contributed by atoms with van der Waals surface area (Å²) in [6.07, 6.45) is 23.7. The molecule has 0 saturated carbocycles. The van der Waals surface area contributed by atoms with Crippen LogP contribution in [-0.4, -0.2) is 19.9 Å². The van der Waals surface area contributed by atoms with E-state index in [4.69, 9.17) is 9.97 Å². The summed E-state index contributed by atoms with van der Waals surface area (Å²) in [6.45, 7) is 18.7. The second-order valence-electron chi connectivity index (χ2n) is 18.4. The molecule has 2 N–H and O–H groups in total. The van der Waals surface area contributed by atoms with Gasteiger partial charge in [0.25, 0.3) is 0 Å². The van der Waals surface area contributed by atoms with Crippen molar-refractivity contribution in [3.8, 4) is 20.9 Å². The number of nitrogens with one attached hydrogen (secondary N) is 2. The van der Waals surface area contributed by atoms with Gasteiger partial charge in [-0.05, 0) is 192 Å². The summed E-state index contributed by atoms with van der Waals surface area (Å²) >= 11 is 11.4. The van der Waals surface area contributed by atoms with Gasteiger partial charge in [-0.3, -0.25) is 0 Å². The molecule has 0 saturated heterocycles. The molecule has 7 heterocycles. The summed E-state index contributed by atoms with van der Waals surface area (Å²) in [7, 11) is 0. The Morgan fingerprint density at radius 3 is 1.16 bits per heavy atom. The van der Waals surface area contributed by atoms with Crippen molar-refractivity contribution in [2.75, 3.05) is 0 Å². The molecule has 2 aliphatic heterocycles. The van der Waals surface area contributed by atoms with Gasteiger partial charge in [-0.15, -0.1) is 22.7 Å². The van der Waals surface area contributed by atoms with E-state index in [2.05, 4.69) is 134 Å². The molecule has 4 nitrogen and oxygen atoms in total. The quantitative estimate of drug-likeness (QED) is 0.0679. The van der Waals surface area contributed by atoms with Gasteiger partial charge in [0.1, 0.15) is 0 Å². The Labute approximate surface area is 409 Å². The molecular weight excluding hydrogens is 953 g/mol. The zero-order valence-electron chi connectivity index (χ0n) is 40.1. The van der Waals surface area contributed by atoms with Crippen molar-refractivity contribution >= 4 is 98.9 Å². The Bertz CT molecular complexity index is 2470. The van der Waals surface area contributed by atoms with Gasteiger partial charge in [0.15, 0.2) is 0 Å². The van der Waals surface area contributed by atoms with Crippen LogP contribution in [0.15, 0.2) is 44.0 Å². The fraction of sp³-hybridized carbons (Fsp3) is 0.500. The molecule has 0 atom stereocenters. The molecule has 0 aliphatic carbocycles. The highest BCUT2D eigenvalue weighted by Crippen LogP contribution is 2.47. The van der Waals surface area contributed by atoms with Gasteiger partial charge in [0.2, 0.25) is 0 Å². The van der Waals surface area contributed by atoms with Gasteiger partial charge in [-0.2, -0.15) is 0 Å². The van der Waals surface area contributed by atoms with Crippen LogP contribution in [0.2, 0.25) is 0 Å². The highest BCUT2D eigenvalue weighted by atomic mass is 79.9. The Morgan fingerprint density at radius 1 is 0.469 bits per heavy atom. The molecule has 8 heteroatoms. The SMILES string of the molecule is CCCCCCC1=C(C)c2nc1cc1[nH]c(c(C)c1CCCCCC)c(-c1ccc(Br)s1)c1nc(cc3[nH]c(c(C)c3CCCCCC)c2-c2ccc(Br)s2)C(CCCCCC)=C1C. The van der Waals surface area contributed by atoms with Crippen molar-refractivity contribution in [3.63, 3.8) is 0 Å². The lowest BCUT2D eigenvalue weighted by Crippen LogP contribution is -1.90. The number of hydrogen-bond acceptors (Lipinski definition) is 4. The number of aromatic nitrogens is 4. The Balaban J connectivity index is 1.66. The van der Waals surface area contributed by atoms with Gasteiger partial charge in [-0.1, -0.05) is 105 Å². The maximum atomic E-state index is 5.80. The second-order valence-corrected chi connectivity index (χ2v) is 23.3. The average molecular weight is 1030 g/mol. The highest BCUT2D eigenvalue weighted by Gasteiger charge is 2.27. The number of fused-ring (bicyclic) bond motifs is 8. The Morgan fingerprint density at radius 2 is 0.828 bits per heavy atom. The predicted octanol–water partition coefficient (Wildman–Crippen LogP) is 20.0. The van der Waals surface area contributed by atoms with E-state index in [1.54, 1.807) is 0 Å². The van der Waals surface area contributed by atoms with E-state index in [9.17, 15) is 0 Å². The first-order valence-corrected chi connectivity index (χ1v) is 28.0. The predicted molar refractivity (Wildman–Crippen MR) is 291 cm³/mol. The summed E-state index contributed by atoms with van der Waals surface area (Å²) in [5, 5.41) is 0. The summed E-state index contributed by atoms with van der Waals surface area (Å²) in [5.41, 5.74) is 22.6. The van der Waals surface area contributed by atoms with E-state index in [-0.39, 0.29) is 0 Å². The van der Waals surface area contributed by atoms with Crippen molar-refractivity contribution in [3.05, 3.63) is 89.0 Å². The number of hydrogen-bond donors (Lipinski definition) is 2. The van der Waals surface area contributed by atoms with E-state index in [1.165, 1.54) is 177 Å². The van der Waals surface area contributed by atoms with Crippen molar-refractivity contribution in [2.45, 2.75) is 184 Å². The molecule has 342 valence electrons. The number of nitrogens with zero attached hydrogens (tertiary/aromatic N) is 2. The zero-order valence-corrected chi connectivity index (χ0v) is 44.9. The van der Waals surface area contributed by atoms with Crippen molar-refractivity contribution < 1.29 is 0 Å². The minimum absolute atomic E-state index is 1.02. The van der Waals surface area contributed by atoms with Crippen LogP contribution in [0.25, 0.3) is 65.2 Å². The average Bonchev–Trinajstić information content (AvgIpc) is 4.13. The molecular formula is C56H72Br2N4S2. The molecule has 0 fully saturated rings. The third-order valence-electron chi connectivity index (χ3n) is 13.8. The number of H-pyrrole nitrogens is 2. The molecule has 0 aromatic carbocycles. The summed E-state index contributed by atoms with van der Waals surface area (Å²) in [6, 6.07) is 13.9. The third-order valence-corrected chi connectivity index (χ3v) is 17.1. The van der Waals surface area contributed by atoms with E-state index < -0.39 is 0 Å². The normalized spacial score (nSPS) is 13.0. The first kappa shape index (κ1) is 48.9. The molecule has 0 amide bonds. The van der Waals surface area contributed by atoms with Gasteiger partial charge < -0.3 is 9.97 Å². The van der Waals surface area contributed by atoms with Gasteiger partial charge in [-0.25, -0.2) is 9.97 Å². The largest absolute Gasteiger partial charge is 0.354 e. The maximum Gasteiger partial charge on any atom is 0.0777 e. The van der Waals surface area contributed by atoms with Crippen LogP contribution in [0.3, 0.4) is 0 Å². The third kappa shape index (κ3) is 10.9. The number of aryl methyl sites for hydroxylation is 4. The first-order valence-electron chi connectivity index (χ1n) is 24.8. The number of thiophene rings is 2. The number of rotatable bonds is 22. The highest BCUT2D eigenvalue weighted by molar-refractivity contribution is 9.11. The molecule has 0 spiro atoms. The van der Waals surface area contributed by atoms with E-state index >= 15 is 0 Å². The minimum Gasteiger partial charge on any atom is -0.354 e. The van der Waals surface area contributed by atoms with Crippen LogP contribution in [0.4, 0.5) is 0 Å². The smallest absolute Gasteiger partial charge is 0.0777 e. The lowest BCUT2D eigenvalue weighted by molar-refractivity contribution is 0.667. The topological polar surface area (TPSA) is 57.4 Å². The molecule has 2 aliphatic rings. The monoisotopic (exact) mass is 1020 g/mol. The van der Waals surface area contributed by atoms with Crippen molar-refractivity contribution in [1.82, 2.24) is 19.9 Å². The van der Waals surface area contributed by atoms with Crippen LogP contribution in [0, 0.1) is 13.8 Å². The molecule has 5 aromatic heterocycles. The second kappa shape index (κ2) is 23.1. The van der Waals surface area contributed by atoms with Crippen LogP contribution >= 0.6 is 54.5 Å². The van der Waals surface area contributed by atoms with Crippen LogP contribution < -0.4 is 0 Å². The summed E-state index contributed by atoms with van der Waals surface area (Å²) in [5.74, 6) is 0. The molecule has 5 aromatic rings. The Hall–Kier alpha value is -3.04.